The minimum absolute atomic E-state index is 0.0550. The van der Waals surface area contributed by atoms with Crippen molar-refractivity contribution in [2.45, 2.75) is 26.3 Å². The van der Waals surface area contributed by atoms with E-state index in [1.54, 1.807) is 14.2 Å². The number of ether oxygens (including phenoxy) is 1. The van der Waals surface area contributed by atoms with Crippen LogP contribution in [0.5, 0.6) is 0 Å². The number of methoxy groups -OCH3 is 1. The summed E-state index contributed by atoms with van der Waals surface area (Å²) < 4.78 is 5.02. The molecule has 2 N–H and O–H groups in total. The van der Waals surface area contributed by atoms with Gasteiger partial charge in [0, 0.05) is 20.7 Å². The molecule has 0 heterocycles. The second-order valence-electron chi connectivity index (χ2n) is 4.32. The zero-order chi connectivity index (χ0) is 13.4. The van der Waals surface area contributed by atoms with E-state index in [4.69, 9.17) is 9.84 Å². The molecule has 1 atom stereocenters. The van der Waals surface area contributed by atoms with E-state index in [1.165, 1.54) is 4.90 Å². The molecular formula is C11H22N2O4. The molecule has 6 nitrogen and oxygen atoms in total. The van der Waals surface area contributed by atoms with Crippen molar-refractivity contribution in [2.24, 2.45) is 5.92 Å². The van der Waals surface area contributed by atoms with Crippen LogP contribution < -0.4 is 5.32 Å². The number of nitrogens with zero attached hydrogens (tertiary/aromatic N) is 1. The smallest absolute Gasteiger partial charge is 0.317 e. The summed E-state index contributed by atoms with van der Waals surface area (Å²) >= 11 is 0. The summed E-state index contributed by atoms with van der Waals surface area (Å²) in [6, 6.07) is -0.346. The minimum atomic E-state index is -0.915. The van der Waals surface area contributed by atoms with Crippen molar-refractivity contribution in [3.05, 3.63) is 0 Å². The van der Waals surface area contributed by atoms with E-state index < -0.39 is 5.97 Å². The van der Waals surface area contributed by atoms with Gasteiger partial charge in [-0.3, -0.25) is 4.79 Å². The Balaban J connectivity index is 4.15. The van der Waals surface area contributed by atoms with E-state index in [9.17, 15) is 9.59 Å². The number of carbonyl (C=O) groups is 2. The lowest BCUT2D eigenvalue weighted by atomic mass is 10.1. The quantitative estimate of drug-likeness (QED) is 0.695. The fourth-order valence-electron chi connectivity index (χ4n) is 1.21. The number of nitrogens with one attached hydrogen (secondary N) is 1. The lowest BCUT2D eigenvalue weighted by molar-refractivity contribution is -0.137. The number of carboxylic acids is 1. The summed E-state index contributed by atoms with van der Waals surface area (Å²) in [5, 5.41) is 11.3. The van der Waals surface area contributed by atoms with Crippen molar-refractivity contribution in [2.75, 3.05) is 27.3 Å². The van der Waals surface area contributed by atoms with Crippen LogP contribution in [0.15, 0.2) is 0 Å². The molecule has 0 spiro atoms. The number of rotatable bonds is 7. The highest BCUT2D eigenvalue weighted by Crippen LogP contribution is 2.02. The molecule has 0 bridgehead atoms. The molecule has 0 aromatic carbocycles. The van der Waals surface area contributed by atoms with Crippen molar-refractivity contribution >= 4 is 12.0 Å². The van der Waals surface area contributed by atoms with Gasteiger partial charge in [0.1, 0.15) is 0 Å². The van der Waals surface area contributed by atoms with Crippen LogP contribution in [-0.4, -0.2) is 55.4 Å². The number of urea groups is 1. The van der Waals surface area contributed by atoms with Crippen molar-refractivity contribution in [3.8, 4) is 0 Å². The fraction of sp³-hybridized carbons (Fsp3) is 0.818. The highest BCUT2D eigenvalue weighted by molar-refractivity contribution is 5.75. The Labute approximate surface area is 102 Å². The maximum Gasteiger partial charge on any atom is 0.317 e. The summed E-state index contributed by atoms with van der Waals surface area (Å²) in [6.45, 7) is 4.61. The van der Waals surface area contributed by atoms with Gasteiger partial charge in [-0.2, -0.15) is 0 Å². The van der Waals surface area contributed by atoms with Crippen LogP contribution >= 0.6 is 0 Å². The molecule has 6 heteroatoms. The molecule has 0 rings (SSSR count). The van der Waals surface area contributed by atoms with Crippen molar-refractivity contribution in [1.29, 1.82) is 0 Å². The summed E-state index contributed by atoms with van der Waals surface area (Å²) in [4.78, 5) is 23.5. The Kier molecular flexibility index (Phi) is 7.29. The molecule has 1 unspecified atom stereocenters. The van der Waals surface area contributed by atoms with Crippen molar-refractivity contribution < 1.29 is 19.4 Å². The molecule has 0 aromatic heterocycles. The van der Waals surface area contributed by atoms with Gasteiger partial charge in [0.25, 0.3) is 0 Å². The predicted octanol–water partition coefficient (Wildman–Crippen LogP) is 0.773. The summed E-state index contributed by atoms with van der Waals surface area (Å²) in [7, 11) is 3.15. The first-order valence-electron chi connectivity index (χ1n) is 5.60. The molecule has 0 saturated carbocycles. The number of hydrogen-bond donors (Lipinski definition) is 2. The van der Waals surface area contributed by atoms with Crippen LogP contribution in [0.1, 0.15) is 20.3 Å². The summed E-state index contributed by atoms with van der Waals surface area (Å²) in [6.07, 6.45) is -0.0550. The van der Waals surface area contributed by atoms with Crippen LogP contribution in [0.3, 0.4) is 0 Å². The second kappa shape index (κ2) is 7.89. The third kappa shape index (κ3) is 6.78. The van der Waals surface area contributed by atoms with E-state index >= 15 is 0 Å². The number of hydrogen-bond acceptors (Lipinski definition) is 3. The van der Waals surface area contributed by atoms with Crippen LogP contribution in [0.25, 0.3) is 0 Å². The first kappa shape index (κ1) is 15.7. The minimum Gasteiger partial charge on any atom is -0.481 e. The molecule has 0 radical (unpaired) electrons. The van der Waals surface area contributed by atoms with Gasteiger partial charge in [0.2, 0.25) is 0 Å². The molecule has 0 saturated heterocycles. The van der Waals surface area contributed by atoms with E-state index in [2.05, 4.69) is 5.32 Å². The monoisotopic (exact) mass is 246 g/mol. The molecule has 0 fully saturated rings. The Morgan fingerprint density at radius 1 is 1.41 bits per heavy atom. The van der Waals surface area contributed by atoms with E-state index in [0.717, 1.165) is 0 Å². The molecule has 2 amide bonds. The molecular weight excluding hydrogens is 224 g/mol. The topological polar surface area (TPSA) is 78.9 Å². The lowest BCUT2D eigenvalue weighted by Crippen LogP contribution is -2.47. The average molecular weight is 246 g/mol. The summed E-state index contributed by atoms with van der Waals surface area (Å²) in [5.41, 5.74) is 0. The van der Waals surface area contributed by atoms with Gasteiger partial charge in [-0.1, -0.05) is 13.8 Å². The first-order chi connectivity index (χ1) is 7.88. The Bertz CT molecular complexity index is 256. The molecule has 0 aliphatic carbocycles. The highest BCUT2D eigenvalue weighted by Gasteiger charge is 2.18. The SMILES string of the molecule is COCC(NC(=O)N(C)CCC(=O)O)C(C)C. The van der Waals surface area contributed by atoms with E-state index in [0.29, 0.717) is 6.61 Å². The summed E-state index contributed by atoms with van der Waals surface area (Å²) in [5.74, 6) is -0.659. The predicted molar refractivity (Wildman–Crippen MR) is 63.9 cm³/mol. The van der Waals surface area contributed by atoms with Gasteiger partial charge in [-0.05, 0) is 5.92 Å². The zero-order valence-corrected chi connectivity index (χ0v) is 10.9. The average Bonchev–Trinajstić information content (AvgIpc) is 2.24. The third-order valence-corrected chi connectivity index (χ3v) is 2.47. The number of amides is 2. The standard InChI is InChI=1S/C11H22N2O4/c1-8(2)9(7-17-4)12-11(16)13(3)6-5-10(14)15/h8-9H,5-7H2,1-4H3,(H,12,16)(H,14,15). The van der Waals surface area contributed by atoms with Gasteiger partial charge in [0.15, 0.2) is 0 Å². The highest BCUT2D eigenvalue weighted by atomic mass is 16.5. The molecule has 0 aliphatic heterocycles. The van der Waals surface area contributed by atoms with Crippen molar-refractivity contribution in [3.63, 3.8) is 0 Å². The zero-order valence-electron chi connectivity index (χ0n) is 10.9. The maximum absolute atomic E-state index is 11.7. The molecule has 17 heavy (non-hydrogen) atoms. The van der Waals surface area contributed by atoms with E-state index in [-0.39, 0.29) is 31.0 Å². The maximum atomic E-state index is 11.7. The number of carbonyl (C=O) groups excluding carboxylic acids is 1. The Morgan fingerprint density at radius 2 is 2.00 bits per heavy atom. The Hall–Kier alpha value is -1.30. The van der Waals surface area contributed by atoms with Crippen LogP contribution in [0.2, 0.25) is 0 Å². The number of aliphatic carboxylic acids is 1. The van der Waals surface area contributed by atoms with Crippen molar-refractivity contribution in [1.82, 2.24) is 10.2 Å². The van der Waals surface area contributed by atoms with Crippen LogP contribution in [0, 0.1) is 5.92 Å². The number of carboxylic acid groups (broad SMARTS) is 1. The van der Waals surface area contributed by atoms with Crippen LogP contribution in [-0.2, 0) is 9.53 Å². The molecule has 0 aliphatic rings. The second-order valence-corrected chi connectivity index (χ2v) is 4.32. The lowest BCUT2D eigenvalue weighted by Gasteiger charge is -2.25. The molecule has 0 aromatic rings. The van der Waals surface area contributed by atoms with E-state index in [1.807, 2.05) is 13.8 Å². The van der Waals surface area contributed by atoms with Gasteiger partial charge in [0.05, 0.1) is 19.1 Å². The molecule has 100 valence electrons. The fourth-order valence-corrected chi connectivity index (χ4v) is 1.21. The third-order valence-electron chi connectivity index (χ3n) is 2.47. The van der Waals surface area contributed by atoms with Crippen LogP contribution in [0.4, 0.5) is 4.79 Å². The first-order valence-corrected chi connectivity index (χ1v) is 5.60. The van der Waals surface area contributed by atoms with Gasteiger partial charge in [-0.25, -0.2) is 4.79 Å². The van der Waals surface area contributed by atoms with Gasteiger partial charge in [-0.15, -0.1) is 0 Å². The van der Waals surface area contributed by atoms with Gasteiger partial charge >= 0.3 is 12.0 Å². The largest absolute Gasteiger partial charge is 0.481 e. The van der Waals surface area contributed by atoms with Gasteiger partial charge < -0.3 is 20.1 Å². The normalized spacial score (nSPS) is 12.3. The Morgan fingerprint density at radius 3 is 2.41 bits per heavy atom.